The molecule has 13 aromatic rings. The first-order valence-corrected chi connectivity index (χ1v) is 43.7. The fraction of sp³-hybridized carbons (Fsp3) is 0.260. The highest BCUT2D eigenvalue weighted by Crippen LogP contribution is 2.42. The molecular weight excluding hydrogens is 1600 g/mol. The Kier molecular flexibility index (Phi) is 27.3. The second-order valence-corrected chi connectivity index (χ2v) is 33.0. The summed E-state index contributed by atoms with van der Waals surface area (Å²) in [6.45, 7) is 16.2. The van der Waals surface area contributed by atoms with E-state index in [0.717, 1.165) is 212 Å². The van der Waals surface area contributed by atoms with Crippen LogP contribution in [-0.2, 0) is 0 Å². The van der Waals surface area contributed by atoms with E-state index in [4.69, 9.17) is 28.4 Å². The maximum absolute atomic E-state index is 13.8. The third kappa shape index (κ3) is 22.0. The number of carbonyl (C=O) groups is 3. The number of aryl methyl sites for hydroxylation is 3. The molecule has 2 aromatic heterocycles. The summed E-state index contributed by atoms with van der Waals surface area (Å²) in [5.74, 6) is 2.38. The minimum absolute atomic E-state index is 0.0389. The molecule has 20 nitrogen and oxygen atoms in total. The number of hydrogen-bond donors (Lipinski definition) is 9. The van der Waals surface area contributed by atoms with Gasteiger partial charge in [0.2, 0.25) is 5.88 Å². The summed E-state index contributed by atoms with van der Waals surface area (Å²) in [5, 5.41) is 31.4. The summed E-state index contributed by atoms with van der Waals surface area (Å²) in [4.78, 5) is 49.7. The van der Waals surface area contributed by atoms with Crippen molar-refractivity contribution < 1.29 is 56.0 Å². The van der Waals surface area contributed by atoms with Crippen LogP contribution in [0.25, 0.3) is 77.5 Å². The normalized spacial score (nSPS) is 18.1. The van der Waals surface area contributed by atoms with Gasteiger partial charge in [0.15, 0.2) is 0 Å². The van der Waals surface area contributed by atoms with Crippen LogP contribution < -0.4 is 76.3 Å². The maximum atomic E-state index is 13.8. The van der Waals surface area contributed by atoms with Gasteiger partial charge in [-0.05, 0) is 283 Å². The molecule has 23 heteroatoms. The quantitative estimate of drug-likeness (QED) is 0.0273. The lowest BCUT2D eigenvalue weighted by atomic mass is 9.97. The first kappa shape index (κ1) is 85.9. The van der Waals surface area contributed by atoms with Crippen LogP contribution in [0, 0.1) is 38.2 Å². The zero-order valence-electron chi connectivity index (χ0n) is 71.1. The Morgan fingerprint density at radius 2 is 0.606 bits per heavy atom. The van der Waals surface area contributed by atoms with Crippen LogP contribution >= 0.6 is 0 Å². The number of nitrogens with one attached hydrogen (secondary N) is 9. The number of halogens is 3. The standard InChI is InChI=1S/C38H36FN3O3.2C33H33FN4O3/c1-24-2-3-27-19-28(5-4-26(27)18-24)34-20-29(8-12-36(34)44-32-14-16-40-22-32)38(43)42-31-11-13-37(45-33-15-17-41-23-33)35(21-31)25-6-9-30(39)10-7-25;1-21-2-4-23(5-3-21)30-16-24(18-37-33(30)41-28-13-15-36-20-28)32(39)38-26-10-11-31(40-27-12-14-35-19-27)29(17-26)22-6-8-25(34)9-7-22;1-21-2-3-24(18-37-21)29-16-23(6-10-31(29)40-27-12-14-35-19-27)33(39)38-26-9-11-32(41-28-13-15-36-20-28)30(17-26)22-4-7-25(34)8-5-22/h2-13,18-21,32-33,40-41H,14-17,22-23H2,1H3,(H,42,43);2*2-11,16-18,27-28,35-36H,12-15,19-20H2,1H3,(H,38,39)/t32-,33-;2*27-,28-/m000/s1. The number of anilines is 3. The predicted octanol–water partition coefficient (Wildman–Crippen LogP) is 18.5. The zero-order valence-corrected chi connectivity index (χ0v) is 71.1. The van der Waals surface area contributed by atoms with Gasteiger partial charge in [0.25, 0.3) is 17.7 Å². The van der Waals surface area contributed by atoms with Gasteiger partial charge in [0, 0.05) is 124 Å². The Hall–Kier alpha value is -13.3. The third-order valence-corrected chi connectivity index (χ3v) is 23.5. The Labute approximate surface area is 737 Å². The number of benzene rings is 11. The van der Waals surface area contributed by atoms with Crippen molar-refractivity contribution in [3.05, 3.63) is 306 Å². The second-order valence-electron chi connectivity index (χ2n) is 33.0. The molecule has 11 aromatic carbocycles. The largest absolute Gasteiger partial charge is 0.488 e. The van der Waals surface area contributed by atoms with E-state index in [-0.39, 0.29) is 71.8 Å². The number of amides is 3. The molecule has 0 unspecified atom stereocenters. The lowest BCUT2D eigenvalue weighted by Crippen LogP contribution is -2.21. The van der Waals surface area contributed by atoms with Crippen molar-refractivity contribution >= 4 is 45.6 Å². The summed E-state index contributed by atoms with van der Waals surface area (Å²) in [5.41, 5.74) is 16.6. The summed E-state index contributed by atoms with van der Waals surface area (Å²) >= 11 is 0. The minimum atomic E-state index is -0.311. The first-order chi connectivity index (χ1) is 62.0. The van der Waals surface area contributed by atoms with Gasteiger partial charge < -0.3 is 76.3 Å². The topological polar surface area (TPSA) is 241 Å². The predicted molar refractivity (Wildman–Crippen MR) is 494 cm³/mol. The highest BCUT2D eigenvalue weighted by molar-refractivity contribution is 6.08. The minimum Gasteiger partial charge on any atom is -0.488 e. The van der Waals surface area contributed by atoms with Crippen LogP contribution in [-0.4, -0.2) is 143 Å². The van der Waals surface area contributed by atoms with Crippen LogP contribution in [0.2, 0.25) is 0 Å². The molecule has 0 aliphatic carbocycles. The van der Waals surface area contributed by atoms with Gasteiger partial charge in [0.1, 0.15) is 82.8 Å². The lowest BCUT2D eigenvalue weighted by Gasteiger charge is -2.19. The highest BCUT2D eigenvalue weighted by atomic mass is 19.1. The molecule has 6 saturated heterocycles. The van der Waals surface area contributed by atoms with E-state index in [1.54, 1.807) is 54.9 Å². The molecule has 648 valence electrons. The molecule has 3 amide bonds. The van der Waals surface area contributed by atoms with Crippen molar-refractivity contribution in [2.75, 3.05) is 94.5 Å². The average molecular weight is 1710 g/mol. The molecule has 0 saturated carbocycles. The maximum Gasteiger partial charge on any atom is 0.257 e. The lowest BCUT2D eigenvalue weighted by molar-refractivity contribution is 0.101. The average Bonchev–Trinajstić information content (AvgIpc) is 1.66. The van der Waals surface area contributed by atoms with Crippen molar-refractivity contribution in [2.24, 2.45) is 0 Å². The van der Waals surface area contributed by atoms with Crippen molar-refractivity contribution in [2.45, 2.75) is 95.9 Å². The third-order valence-electron chi connectivity index (χ3n) is 23.5. The number of ether oxygens (including phenoxy) is 6. The second kappa shape index (κ2) is 40.4. The number of carbonyl (C=O) groups excluding carboxylic acids is 3. The molecular formula is C104H102F3N11O9. The van der Waals surface area contributed by atoms with Crippen molar-refractivity contribution in [3.63, 3.8) is 0 Å². The first-order valence-electron chi connectivity index (χ1n) is 43.7. The van der Waals surface area contributed by atoms with E-state index in [1.165, 1.54) is 47.3 Å². The number of fused-ring (bicyclic) bond motifs is 1. The summed E-state index contributed by atoms with van der Waals surface area (Å²) in [7, 11) is 0. The molecule has 8 heterocycles. The van der Waals surface area contributed by atoms with Crippen LogP contribution in [0.15, 0.2) is 255 Å². The van der Waals surface area contributed by atoms with Crippen LogP contribution in [0.1, 0.15) is 86.4 Å². The van der Waals surface area contributed by atoms with Crippen LogP contribution in [0.5, 0.6) is 34.6 Å². The SMILES string of the molecule is Cc1ccc(-c2cc(C(=O)Nc3ccc(O[C@H]4CCNC4)c(-c4ccc(F)cc4)c3)ccc2O[C@H]2CCNC2)cn1.Cc1ccc(-c2cc(C(=O)Nc3ccc(O[C@H]4CCNC4)c(-c4ccc(F)cc4)c3)cnc2O[C@H]2CCNC2)cc1.Cc1ccc2cc(-c3cc(C(=O)Nc4ccc(O[C@H]5CCNC5)c(-c5ccc(F)cc5)c4)ccc3O[C@H]3CCNC3)ccc2c1. The molecule has 6 aliphatic heterocycles. The van der Waals surface area contributed by atoms with E-state index >= 15 is 0 Å². The van der Waals surface area contributed by atoms with Crippen molar-refractivity contribution in [1.29, 1.82) is 0 Å². The van der Waals surface area contributed by atoms with Gasteiger partial charge in [0.05, 0.1) is 5.56 Å². The van der Waals surface area contributed by atoms with Crippen LogP contribution in [0.4, 0.5) is 30.2 Å². The fourth-order valence-electron chi connectivity index (χ4n) is 16.5. The molecule has 19 rings (SSSR count). The molecule has 0 radical (unpaired) electrons. The molecule has 6 aliphatic rings. The Bertz CT molecular complexity index is 5800. The number of hydrogen-bond acceptors (Lipinski definition) is 17. The number of pyridine rings is 2. The molecule has 0 spiro atoms. The monoisotopic (exact) mass is 1710 g/mol. The summed E-state index contributed by atoms with van der Waals surface area (Å²) < 4.78 is 79.0. The Morgan fingerprint density at radius 1 is 0.291 bits per heavy atom. The van der Waals surface area contributed by atoms with Crippen molar-refractivity contribution in [1.82, 2.24) is 41.9 Å². The molecule has 6 atom stereocenters. The number of aromatic nitrogens is 2. The summed E-state index contributed by atoms with van der Waals surface area (Å²) in [6, 6.07) is 73.4. The molecule has 9 N–H and O–H groups in total. The molecule has 6 fully saturated rings. The number of rotatable bonds is 24. The summed E-state index contributed by atoms with van der Waals surface area (Å²) in [6.07, 6.45) is 9.25. The van der Waals surface area contributed by atoms with Gasteiger partial charge >= 0.3 is 0 Å². The van der Waals surface area contributed by atoms with E-state index < -0.39 is 0 Å². The van der Waals surface area contributed by atoms with E-state index in [9.17, 15) is 27.6 Å². The Morgan fingerprint density at radius 3 is 0.992 bits per heavy atom. The highest BCUT2D eigenvalue weighted by Gasteiger charge is 2.28. The smallest absolute Gasteiger partial charge is 0.257 e. The van der Waals surface area contributed by atoms with E-state index in [1.807, 2.05) is 141 Å². The molecule has 127 heavy (non-hydrogen) atoms. The van der Waals surface area contributed by atoms with Gasteiger partial charge in [-0.2, -0.15) is 0 Å². The zero-order chi connectivity index (χ0) is 87.1. The number of nitrogens with zero attached hydrogens (tertiary/aromatic N) is 2. The van der Waals surface area contributed by atoms with Gasteiger partial charge in [-0.15, -0.1) is 0 Å². The van der Waals surface area contributed by atoms with Gasteiger partial charge in [-0.25, -0.2) is 18.2 Å². The van der Waals surface area contributed by atoms with Crippen molar-refractivity contribution in [3.8, 4) is 101 Å². The van der Waals surface area contributed by atoms with Gasteiger partial charge in [-0.1, -0.05) is 108 Å². The van der Waals surface area contributed by atoms with E-state index in [0.29, 0.717) is 56.9 Å². The Balaban J connectivity index is 0.000000134. The van der Waals surface area contributed by atoms with Crippen LogP contribution in [0.3, 0.4) is 0 Å². The van der Waals surface area contributed by atoms with Gasteiger partial charge in [-0.3, -0.25) is 19.4 Å². The van der Waals surface area contributed by atoms with E-state index in [2.05, 4.69) is 101 Å². The fourth-order valence-corrected chi connectivity index (χ4v) is 16.5. The molecule has 0 bridgehead atoms.